The summed E-state index contributed by atoms with van der Waals surface area (Å²) in [4.78, 5) is 8.22. The average molecular weight is 399 g/mol. The topological polar surface area (TPSA) is 70.1 Å². The van der Waals surface area contributed by atoms with Crippen LogP contribution in [0.4, 0.5) is 5.69 Å². The van der Waals surface area contributed by atoms with E-state index in [1.807, 2.05) is 12.3 Å². The van der Waals surface area contributed by atoms with Crippen molar-refractivity contribution in [3.8, 4) is 0 Å². The molecular formula is C19H19ClN6S. The Kier molecular flexibility index (Phi) is 5.05. The quantitative estimate of drug-likeness (QED) is 0.671. The van der Waals surface area contributed by atoms with E-state index in [1.165, 1.54) is 11.3 Å². The van der Waals surface area contributed by atoms with Gasteiger partial charge in [-0.1, -0.05) is 35.9 Å². The van der Waals surface area contributed by atoms with E-state index >= 15 is 0 Å². The van der Waals surface area contributed by atoms with Crippen molar-refractivity contribution < 1.29 is 0 Å². The largest absolute Gasteiger partial charge is 0.318 e. The Morgan fingerprint density at radius 1 is 1.19 bits per heavy atom. The van der Waals surface area contributed by atoms with Crippen LogP contribution in [0.2, 0.25) is 4.34 Å². The first kappa shape index (κ1) is 17.9. The molecular weight excluding hydrogens is 380 g/mol. The number of hydrogen-bond acceptors (Lipinski definition) is 6. The highest BCUT2D eigenvalue weighted by molar-refractivity contribution is 7.16. The zero-order valence-electron chi connectivity index (χ0n) is 15.1. The lowest BCUT2D eigenvalue weighted by molar-refractivity contribution is 0.705. The van der Waals surface area contributed by atoms with Crippen LogP contribution >= 0.6 is 22.9 Å². The Morgan fingerprint density at radius 2 is 2.00 bits per heavy atom. The molecule has 1 unspecified atom stereocenters. The fourth-order valence-electron chi connectivity index (χ4n) is 3.22. The van der Waals surface area contributed by atoms with Gasteiger partial charge in [-0.3, -0.25) is 4.99 Å². The fourth-order valence-corrected chi connectivity index (χ4v) is 4.32. The molecule has 0 fully saturated rings. The second-order valence-corrected chi connectivity index (χ2v) is 8.05. The number of aromatic nitrogens is 4. The number of anilines is 1. The van der Waals surface area contributed by atoms with Crippen LogP contribution < -0.4 is 4.90 Å². The Morgan fingerprint density at radius 3 is 2.63 bits per heavy atom. The van der Waals surface area contributed by atoms with Crippen molar-refractivity contribution in [3.05, 3.63) is 68.3 Å². The molecule has 8 heteroatoms. The third kappa shape index (κ3) is 3.65. The predicted molar refractivity (Wildman–Crippen MR) is 109 cm³/mol. The number of rotatable bonds is 5. The van der Waals surface area contributed by atoms with Crippen LogP contribution in [-0.2, 0) is 6.42 Å². The van der Waals surface area contributed by atoms with Gasteiger partial charge in [0.1, 0.15) is 0 Å². The maximum absolute atomic E-state index is 6.17. The van der Waals surface area contributed by atoms with Gasteiger partial charge in [-0.15, -0.1) is 21.5 Å². The second kappa shape index (κ2) is 7.62. The molecule has 1 aliphatic heterocycles. The number of nitrogens with one attached hydrogen (secondary N) is 1. The first-order valence-corrected chi connectivity index (χ1v) is 9.94. The fraction of sp³-hybridized carbons (Fsp3) is 0.263. The maximum atomic E-state index is 6.17. The molecule has 3 heterocycles. The minimum Gasteiger partial charge on any atom is -0.318 e. The summed E-state index contributed by atoms with van der Waals surface area (Å²) in [6.07, 6.45) is 3.49. The molecule has 1 aliphatic rings. The molecule has 0 saturated carbocycles. The summed E-state index contributed by atoms with van der Waals surface area (Å²) >= 11 is 7.74. The number of aromatic amines is 1. The standard InChI is InChI=1S/C19H19ClN6S/c1-3-14-11-21-19(16-8-9-17(20)27-16)26(12(14)2)15-6-4-13(5-7-15)10-18-22-24-25-23-18/h4-9,11,19H,3,10H2,1-2H3,(H,22,23,24,25). The van der Waals surface area contributed by atoms with Crippen molar-refractivity contribution in [1.29, 1.82) is 0 Å². The number of H-pyrrole nitrogens is 1. The molecule has 6 nitrogen and oxygen atoms in total. The maximum Gasteiger partial charge on any atom is 0.178 e. The Bertz CT molecular complexity index is 974. The van der Waals surface area contributed by atoms with Crippen molar-refractivity contribution in [2.24, 2.45) is 4.99 Å². The number of tetrazole rings is 1. The predicted octanol–water partition coefficient (Wildman–Crippen LogP) is 4.78. The number of thiophene rings is 1. The molecule has 3 aromatic rings. The van der Waals surface area contributed by atoms with Gasteiger partial charge in [-0.05, 0) is 48.7 Å². The molecule has 27 heavy (non-hydrogen) atoms. The Labute approximate surface area is 166 Å². The normalized spacial score (nSPS) is 17.0. The van der Waals surface area contributed by atoms with E-state index in [9.17, 15) is 0 Å². The molecule has 0 bridgehead atoms. The molecule has 0 amide bonds. The first-order chi connectivity index (χ1) is 13.2. The molecule has 138 valence electrons. The molecule has 0 saturated heterocycles. The molecule has 4 rings (SSSR count). The Balaban J connectivity index is 1.66. The average Bonchev–Trinajstić information content (AvgIpc) is 3.34. The molecule has 2 aromatic heterocycles. The van der Waals surface area contributed by atoms with Crippen LogP contribution in [0.1, 0.15) is 42.7 Å². The van der Waals surface area contributed by atoms with Gasteiger partial charge in [-0.2, -0.15) is 5.21 Å². The Hall–Kier alpha value is -2.51. The van der Waals surface area contributed by atoms with E-state index < -0.39 is 0 Å². The monoisotopic (exact) mass is 398 g/mol. The van der Waals surface area contributed by atoms with Crippen molar-refractivity contribution >= 4 is 34.8 Å². The summed E-state index contributed by atoms with van der Waals surface area (Å²) in [6, 6.07) is 12.4. The molecule has 0 spiro atoms. The lowest BCUT2D eigenvalue weighted by atomic mass is 10.1. The lowest BCUT2D eigenvalue weighted by Crippen LogP contribution is -2.29. The highest BCUT2D eigenvalue weighted by atomic mass is 35.5. The van der Waals surface area contributed by atoms with E-state index in [0.29, 0.717) is 12.2 Å². The van der Waals surface area contributed by atoms with Gasteiger partial charge in [0.05, 0.1) is 9.21 Å². The smallest absolute Gasteiger partial charge is 0.178 e. The number of halogens is 1. The molecule has 1 N–H and O–H groups in total. The van der Waals surface area contributed by atoms with Crippen molar-refractivity contribution in [1.82, 2.24) is 20.6 Å². The number of hydrogen-bond donors (Lipinski definition) is 1. The van der Waals surface area contributed by atoms with Gasteiger partial charge in [-0.25, -0.2) is 0 Å². The highest BCUT2D eigenvalue weighted by Crippen LogP contribution is 2.39. The highest BCUT2D eigenvalue weighted by Gasteiger charge is 2.27. The lowest BCUT2D eigenvalue weighted by Gasteiger charge is -2.35. The summed E-state index contributed by atoms with van der Waals surface area (Å²) in [6.45, 7) is 4.30. The van der Waals surface area contributed by atoms with Gasteiger partial charge in [0, 0.05) is 24.0 Å². The molecule has 1 atom stereocenters. The van der Waals surface area contributed by atoms with Gasteiger partial charge in [0.25, 0.3) is 0 Å². The minimum atomic E-state index is -0.0964. The van der Waals surface area contributed by atoms with Crippen molar-refractivity contribution in [2.75, 3.05) is 4.90 Å². The summed E-state index contributed by atoms with van der Waals surface area (Å²) in [7, 11) is 0. The van der Waals surface area contributed by atoms with Crippen LogP contribution in [0.5, 0.6) is 0 Å². The number of allylic oxidation sites excluding steroid dienone is 2. The number of nitrogens with zero attached hydrogens (tertiary/aromatic N) is 5. The summed E-state index contributed by atoms with van der Waals surface area (Å²) in [5.74, 6) is 0.681. The van der Waals surface area contributed by atoms with Crippen LogP contribution in [0.25, 0.3) is 0 Å². The summed E-state index contributed by atoms with van der Waals surface area (Å²) in [5.41, 5.74) is 4.69. The SMILES string of the molecule is CCC1=C(C)N(c2ccc(Cc3nn[nH]n3)cc2)C(c2ccc(Cl)s2)N=C1. The summed E-state index contributed by atoms with van der Waals surface area (Å²) < 4.78 is 0.776. The molecule has 0 radical (unpaired) electrons. The minimum absolute atomic E-state index is 0.0964. The van der Waals surface area contributed by atoms with Crippen LogP contribution in [0.3, 0.4) is 0 Å². The zero-order chi connectivity index (χ0) is 18.8. The van der Waals surface area contributed by atoms with E-state index in [-0.39, 0.29) is 6.17 Å². The summed E-state index contributed by atoms with van der Waals surface area (Å²) in [5, 5.41) is 14.1. The zero-order valence-corrected chi connectivity index (χ0v) is 16.6. The van der Waals surface area contributed by atoms with E-state index in [0.717, 1.165) is 26.9 Å². The molecule has 0 aliphatic carbocycles. The van der Waals surface area contributed by atoms with Gasteiger partial charge in [0.2, 0.25) is 0 Å². The first-order valence-electron chi connectivity index (χ1n) is 8.74. The van der Waals surface area contributed by atoms with E-state index in [4.69, 9.17) is 16.6 Å². The van der Waals surface area contributed by atoms with Crippen molar-refractivity contribution in [3.63, 3.8) is 0 Å². The van der Waals surface area contributed by atoms with Crippen LogP contribution in [-0.4, -0.2) is 26.8 Å². The number of benzene rings is 1. The third-order valence-electron chi connectivity index (χ3n) is 4.64. The molecule has 1 aromatic carbocycles. The van der Waals surface area contributed by atoms with E-state index in [1.54, 1.807) is 11.3 Å². The van der Waals surface area contributed by atoms with Gasteiger partial charge < -0.3 is 4.90 Å². The number of aliphatic imine (C=N–C) groups is 1. The van der Waals surface area contributed by atoms with Crippen LogP contribution in [0.15, 0.2) is 52.7 Å². The van der Waals surface area contributed by atoms with Crippen LogP contribution in [0, 0.1) is 0 Å². The van der Waals surface area contributed by atoms with Gasteiger partial charge in [0.15, 0.2) is 12.0 Å². The second-order valence-electron chi connectivity index (χ2n) is 6.30. The van der Waals surface area contributed by atoms with E-state index in [2.05, 4.69) is 69.7 Å². The van der Waals surface area contributed by atoms with Gasteiger partial charge >= 0.3 is 0 Å². The third-order valence-corrected chi connectivity index (χ3v) is 5.91. The van der Waals surface area contributed by atoms with Crippen molar-refractivity contribution in [2.45, 2.75) is 32.9 Å².